The van der Waals surface area contributed by atoms with Crippen LogP contribution in [0.2, 0.25) is 0 Å². The molecule has 1 amide bonds. The zero-order valence-electron chi connectivity index (χ0n) is 22.6. The Balaban J connectivity index is 1.51. The molecule has 3 saturated heterocycles. The number of nitrogens with zero attached hydrogens (tertiary/aromatic N) is 2. The van der Waals surface area contributed by atoms with Crippen LogP contribution in [0.25, 0.3) is 11.1 Å². The van der Waals surface area contributed by atoms with E-state index in [1.165, 1.54) is 22.3 Å². The predicted octanol–water partition coefficient (Wildman–Crippen LogP) is 6.85. The van der Waals surface area contributed by atoms with Gasteiger partial charge in [-0.2, -0.15) is 0 Å². The maximum absolute atomic E-state index is 12.8. The predicted molar refractivity (Wildman–Crippen MR) is 145 cm³/mol. The summed E-state index contributed by atoms with van der Waals surface area (Å²) in [5, 5.41) is 10.5. The first-order chi connectivity index (χ1) is 17.2. The Hall–Kier alpha value is -2.53. The summed E-state index contributed by atoms with van der Waals surface area (Å²) in [6.07, 6.45) is 4.43. The Morgan fingerprint density at radius 2 is 1.81 bits per heavy atom. The molecule has 0 aromatic heterocycles. The first-order valence-electron chi connectivity index (χ1n) is 13.8. The Morgan fingerprint density at radius 1 is 1.11 bits per heavy atom. The van der Waals surface area contributed by atoms with E-state index in [4.69, 9.17) is 4.74 Å². The number of carbonyl (C=O) groups is 1. The maximum atomic E-state index is 12.8. The largest absolute Gasteiger partial charge is 0.493 e. The average molecular weight is 491 g/mol. The number of aryl methyl sites for hydroxylation is 3. The van der Waals surface area contributed by atoms with Gasteiger partial charge >= 0.3 is 6.09 Å². The van der Waals surface area contributed by atoms with E-state index in [1.807, 2.05) is 4.90 Å². The van der Waals surface area contributed by atoms with Gasteiger partial charge in [0.2, 0.25) is 0 Å². The minimum absolute atomic E-state index is 0.0841. The summed E-state index contributed by atoms with van der Waals surface area (Å²) in [5.41, 5.74) is 7.11. The zero-order valence-corrected chi connectivity index (χ0v) is 22.6. The van der Waals surface area contributed by atoms with Gasteiger partial charge in [0, 0.05) is 6.54 Å². The first kappa shape index (κ1) is 25.1. The second-order valence-electron chi connectivity index (χ2n) is 12.0. The second-order valence-corrected chi connectivity index (χ2v) is 12.0. The molecule has 2 aromatic carbocycles. The summed E-state index contributed by atoms with van der Waals surface area (Å²) in [7, 11) is 0. The van der Waals surface area contributed by atoms with Gasteiger partial charge in [-0.25, -0.2) is 4.79 Å². The quantitative estimate of drug-likeness (QED) is 0.481. The van der Waals surface area contributed by atoms with E-state index < -0.39 is 6.09 Å². The number of benzene rings is 2. The van der Waals surface area contributed by atoms with Crippen molar-refractivity contribution in [3.05, 3.63) is 52.6 Å². The summed E-state index contributed by atoms with van der Waals surface area (Å²) < 4.78 is 6.00. The standard InChI is InChI=1S/C31H42N2O3/c1-6-15-36-28-20(2)16-25(17-21(28)3)23-7-8-26-24(18-23)9-12-31(4,5)29(26)33(30(34)35)27-19-32-13-10-22(27)11-14-32/h7-8,16-18,22,27,29H,6,9-15,19H2,1-5H3,(H,34,35)/t27-,29+/m1/s1. The fourth-order valence-electron chi connectivity index (χ4n) is 7.05. The number of ether oxygens (including phenoxy) is 1. The van der Waals surface area contributed by atoms with Gasteiger partial charge in [0.15, 0.2) is 0 Å². The summed E-state index contributed by atoms with van der Waals surface area (Å²) in [6.45, 7) is 14.7. The molecule has 0 unspecified atom stereocenters. The highest BCUT2D eigenvalue weighted by Crippen LogP contribution is 2.50. The van der Waals surface area contributed by atoms with Gasteiger partial charge in [0.25, 0.3) is 0 Å². The molecule has 3 heterocycles. The van der Waals surface area contributed by atoms with E-state index >= 15 is 0 Å². The van der Waals surface area contributed by atoms with E-state index in [-0.39, 0.29) is 17.5 Å². The molecule has 3 fully saturated rings. The lowest BCUT2D eigenvalue weighted by molar-refractivity contribution is -0.0352. The summed E-state index contributed by atoms with van der Waals surface area (Å²) >= 11 is 0. The second kappa shape index (κ2) is 9.74. The Bertz CT molecular complexity index is 1110. The molecule has 1 N–H and O–H groups in total. The lowest BCUT2D eigenvalue weighted by atomic mass is 9.68. The summed E-state index contributed by atoms with van der Waals surface area (Å²) in [6, 6.07) is 11.1. The van der Waals surface area contributed by atoms with Crippen LogP contribution in [-0.2, 0) is 6.42 Å². The van der Waals surface area contributed by atoms with Gasteiger partial charge in [-0.05, 0) is 116 Å². The molecule has 0 saturated carbocycles. The van der Waals surface area contributed by atoms with Crippen LogP contribution in [0.4, 0.5) is 4.79 Å². The van der Waals surface area contributed by atoms with E-state index in [2.05, 4.69) is 69.9 Å². The topological polar surface area (TPSA) is 53.0 Å². The highest BCUT2D eigenvalue weighted by Gasteiger charge is 2.48. The number of hydrogen-bond acceptors (Lipinski definition) is 3. The smallest absolute Gasteiger partial charge is 0.408 e. The Labute approximate surface area is 216 Å². The number of hydrogen-bond donors (Lipinski definition) is 1. The van der Waals surface area contributed by atoms with Gasteiger partial charge in [0.1, 0.15) is 5.75 Å². The third-order valence-corrected chi connectivity index (χ3v) is 8.94. The van der Waals surface area contributed by atoms with Crippen LogP contribution in [-0.4, -0.2) is 53.3 Å². The van der Waals surface area contributed by atoms with Crippen molar-refractivity contribution in [2.24, 2.45) is 11.3 Å². The molecular weight excluding hydrogens is 448 g/mol. The van der Waals surface area contributed by atoms with Crippen molar-refractivity contribution in [1.82, 2.24) is 9.80 Å². The summed E-state index contributed by atoms with van der Waals surface area (Å²) in [4.78, 5) is 17.2. The molecule has 36 heavy (non-hydrogen) atoms. The molecule has 0 spiro atoms. The Morgan fingerprint density at radius 3 is 2.39 bits per heavy atom. The molecule has 2 bridgehead atoms. The number of fused-ring (bicyclic) bond motifs is 4. The van der Waals surface area contributed by atoms with Crippen LogP contribution in [0.3, 0.4) is 0 Å². The van der Waals surface area contributed by atoms with Gasteiger partial charge in [-0.15, -0.1) is 0 Å². The highest BCUT2D eigenvalue weighted by molar-refractivity contribution is 5.70. The van der Waals surface area contributed by atoms with E-state index in [9.17, 15) is 9.90 Å². The SMILES string of the molecule is CCCOc1c(C)cc(-c2ccc3c(c2)CCC(C)(C)[C@H]3N(C(=O)O)[C@@H]2CN3CCC2CC3)cc1C. The number of amides is 1. The van der Waals surface area contributed by atoms with Gasteiger partial charge < -0.3 is 14.7 Å². The van der Waals surface area contributed by atoms with Crippen LogP contribution in [0.15, 0.2) is 30.3 Å². The molecule has 2 aromatic rings. The van der Waals surface area contributed by atoms with Crippen LogP contribution in [0.1, 0.15) is 74.8 Å². The van der Waals surface area contributed by atoms with Crippen molar-refractivity contribution in [2.75, 3.05) is 26.2 Å². The molecular formula is C31H42N2O3. The lowest BCUT2D eigenvalue weighted by Gasteiger charge is -2.54. The fraction of sp³-hybridized carbons (Fsp3) is 0.581. The van der Waals surface area contributed by atoms with Crippen molar-refractivity contribution in [1.29, 1.82) is 0 Å². The fourth-order valence-corrected chi connectivity index (χ4v) is 7.05. The molecule has 6 rings (SSSR count). The molecule has 0 radical (unpaired) electrons. The molecule has 1 aliphatic carbocycles. The molecule has 2 atom stereocenters. The Kier molecular flexibility index (Phi) is 6.80. The van der Waals surface area contributed by atoms with Crippen molar-refractivity contribution in [3.63, 3.8) is 0 Å². The monoisotopic (exact) mass is 490 g/mol. The van der Waals surface area contributed by atoms with Crippen molar-refractivity contribution in [2.45, 2.75) is 78.8 Å². The molecule has 194 valence electrons. The number of piperidine rings is 3. The molecule has 5 nitrogen and oxygen atoms in total. The van der Waals surface area contributed by atoms with E-state index in [0.717, 1.165) is 75.2 Å². The maximum Gasteiger partial charge on any atom is 0.408 e. The van der Waals surface area contributed by atoms with Gasteiger partial charge in [-0.1, -0.05) is 39.0 Å². The molecule has 3 aliphatic heterocycles. The van der Waals surface area contributed by atoms with Crippen LogP contribution in [0, 0.1) is 25.2 Å². The normalized spacial score (nSPS) is 26.4. The number of carboxylic acid groups (broad SMARTS) is 1. The first-order valence-corrected chi connectivity index (χ1v) is 13.8. The number of rotatable bonds is 6. The van der Waals surface area contributed by atoms with E-state index in [1.54, 1.807) is 0 Å². The third-order valence-electron chi connectivity index (χ3n) is 8.94. The minimum Gasteiger partial charge on any atom is -0.493 e. The van der Waals surface area contributed by atoms with Crippen molar-refractivity contribution >= 4 is 6.09 Å². The highest BCUT2D eigenvalue weighted by atomic mass is 16.5. The van der Waals surface area contributed by atoms with Crippen molar-refractivity contribution < 1.29 is 14.6 Å². The zero-order chi connectivity index (χ0) is 25.6. The molecule has 4 aliphatic rings. The van der Waals surface area contributed by atoms with Gasteiger partial charge in [0.05, 0.1) is 18.7 Å². The van der Waals surface area contributed by atoms with Crippen LogP contribution < -0.4 is 4.74 Å². The van der Waals surface area contributed by atoms with Crippen LogP contribution in [0.5, 0.6) is 5.75 Å². The minimum atomic E-state index is -0.766. The van der Waals surface area contributed by atoms with E-state index in [0.29, 0.717) is 5.92 Å². The lowest BCUT2D eigenvalue weighted by Crippen LogP contribution is -2.61. The van der Waals surface area contributed by atoms with Crippen molar-refractivity contribution in [3.8, 4) is 16.9 Å². The summed E-state index contributed by atoms with van der Waals surface area (Å²) in [5.74, 6) is 1.47. The molecule has 5 heteroatoms. The van der Waals surface area contributed by atoms with Crippen LogP contribution >= 0.6 is 0 Å². The van der Waals surface area contributed by atoms with Gasteiger partial charge in [-0.3, -0.25) is 4.90 Å². The average Bonchev–Trinajstić information content (AvgIpc) is 2.85. The third kappa shape index (κ3) is 4.51.